The number of aliphatic hydroxyl groups excluding tert-OH is 1. The van der Waals surface area contributed by atoms with Crippen molar-refractivity contribution in [3.63, 3.8) is 0 Å². The van der Waals surface area contributed by atoms with Crippen LogP contribution in [0, 0.1) is 0 Å². The summed E-state index contributed by atoms with van der Waals surface area (Å²) < 4.78 is 4.83. The van der Waals surface area contributed by atoms with Gasteiger partial charge in [0.15, 0.2) is 0 Å². The van der Waals surface area contributed by atoms with Crippen LogP contribution in [-0.2, 0) is 4.74 Å². The average Bonchev–Trinajstić information content (AvgIpc) is 3.11. The summed E-state index contributed by atoms with van der Waals surface area (Å²) in [6.45, 7) is 2.22. The van der Waals surface area contributed by atoms with E-state index in [4.69, 9.17) is 9.84 Å². The Labute approximate surface area is 115 Å². The van der Waals surface area contributed by atoms with E-state index in [0.717, 1.165) is 24.2 Å². The quantitative estimate of drug-likeness (QED) is 0.786. The molecule has 0 bridgehead atoms. The fraction of sp³-hybridized carbons (Fsp3) is 0.583. The molecule has 1 aliphatic rings. The van der Waals surface area contributed by atoms with Crippen LogP contribution in [0.25, 0.3) is 0 Å². The molecule has 0 radical (unpaired) electrons. The maximum absolute atomic E-state index is 12.2. The topological polar surface area (TPSA) is 79.7 Å². The summed E-state index contributed by atoms with van der Waals surface area (Å²) in [5.41, 5.74) is 0.244. The standard InChI is InChI=1S/C12H16N2O4S/c1-2-18-12(17)10-13-9(7-19-10)11(16)14(5-6-15)8-3-4-8/h7-8,15H,2-6H2,1H3. The summed E-state index contributed by atoms with van der Waals surface area (Å²) in [5.74, 6) is -0.741. The summed E-state index contributed by atoms with van der Waals surface area (Å²) in [7, 11) is 0. The average molecular weight is 284 g/mol. The van der Waals surface area contributed by atoms with Gasteiger partial charge in [0.1, 0.15) is 5.69 Å². The first-order chi connectivity index (χ1) is 9.17. The van der Waals surface area contributed by atoms with Crippen LogP contribution >= 0.6 is 11.3 Å². The first kappa shape index (κ1) is 14.0. The lowest BCUT2D eigenvalue weighted by Crippen LogP contribution is -2.35. The highest BCUT2D eigenvalue weighted by molar-refractivity contribution is 7.11. The molecule has 0 unspecified atom stereocenters. The summed E-state index contributed by atoms with van der Waals surface area (Å²) in [4.78, 5) is 29.3. The molecule has 1 heterocycles. The summed E-state index contributed by atoms with van der Waals surface area (Å²) in [6.07, 6.45) is 1.92. The second-order valence-electron chi connectivity index (χ2n) is 4.21. The smallest absolute Gasteiger partial charge is 0.367 e. The summed E-state index contributed by atoms with van der Waals surface area (Å²) >= 11 is 1.10. The van der Waals surface area contributed by atoms with E-state index >= 15 is 0 Å². The molecule has 0 saturated heterocycles. The first-order valence-electron chi connectivity index (χ1n) is 6.21. The first-order valence-corrected chi connectivity index (χ1v) is 7.09. The SMILES string of the molecule is CCOC(=O)c1nc(C(=O)N(CCO)C2CC2)cs1. The molecule has 104 valence electrons. The molecule has 19 heavy (non-hydrogen) atoms. The van der Waals surface area contributed by atoms with Crippen LogP contribution in [0.4, 0.5) is 0 Å². The van der Waals surface area contributed by atoms with Crippen LogP contribution in [0.3, 0.4) is 0 Å². The minimum absolute atomic E-state index is 0.0723. The Balaban J connectivity index is 2.08. The minimum Gasteiger partial charge on any atom is -0.461 e. The number of nitrogens with zero attached hydrogens (tertiary/aromatic N) is 2. The van der Waals surface area contributed by atoms with Gasteiger partial charge in [0.2, 0.25) is 5.01 Å². The maximum Gasteiger partial charge on any atom is 0.367 e. The van der Waals surface area contributed by atoms with Gasteiger partial charge >= 0.3 is 5.97 Å². The third kappa shape index (κ3) is 3.30. The molecule has 1 fully saturated rings. The lowest BCUT2D eigenvalue weighted by atomic mass is 10.3. The van der Waals surface area contributed by atoms with Crippen molar-refractivity contribution in [3.05, 3.63) is 16.1 Å². The van der Waals surface area contributed by atoms with Gasteiger partial charge in [0.05, 0.1) is 13.2 Å². The molecule has 6 nitrogen and oxygen atoms in total. The number of amides is 1. The van der Waals surface area contributed by atoms with Gasteiger partial charge in [-0.05, 0) is 19.8 Å². The number of thiazole rings is 1. The number of aromatic nitrogens is 1. The normalized spacial score (nSPS) is 14.2. The Bertz CT molecular complexity index is 470. The zero-order chi connectivity index (χ0) is 13.8. The number of rotatable bonds is 6. The van der Waals surface area contributed by atoms with Gasteiger partial charge < -0.3 is 14.7 Å². The molecule has 1 aliphatic carbocycles. The molecule has 1 N–H and O–H groups in total. The monoisotopic (exact) mass is 284 g/mol. The Morgan fingerprint density at radius 2 is 2.32 bits per heavy atom. The van der Waals surface area contributed by atoms with Gasteiger partial charge in [-0.3, -0.25) is 4.79 Å². The van der Waals surface area contributed by atoms with Crippen molar-refractivity contribution >= 4 is 23.2 Å². The third-order valence-corrected chi connectivity index (χ3v) is 3.59. The molecule has 1 amide bonds. The number of ether oxygens (including phenoxy) is 1. The van der Waals surface area contributed by atoms with E-state index in [9.17, 15) is 9.59 Å². The van der Waals surface area contributed by atoms with Crippen molar-refractivity contribution in [2.24, 2.45) is 0 Å². The second-order valence-corrected chi connectivity index (χ2v) is 5.07. The third-order valence-electron chi connectivity index (χ3n) is 2.76. The van der Waals surface area contributed by atoms with Crippen molar-refractivity contribution < 1.29 is 19.4 Å². The zero-order valence-corrected chi connectivity index (χ0v) is 11.5. The van der Waals surface area contributed by atoms with Crippen molar-refractivity contribution in [2.75, 3.05) is 19.8 Å². The maximum atomic E-state index is 12.2. The fourth-order valence-corrected chi connectivity index (χ4v) is 2.43. The van der Waals surface area contributed by atoms with Gasteiger partial charge in [0.25, 0.3) is 5.91 Å². The Morgan fingerprint density at radius 1 is 1.58 bits per heavy atom. The highest BCUT2D eigenvalue weighted by atomic mass is 32.1. The van der Waals surface area contributed by atoms with E-state index in [1.807, 2.05) is 0 Å². The second kappa shape index (κ2) is 6.12. The van der Waals surface area contributed by atoms with Crippen molar-refractivity contribution in [3.8, 4) is 0 Å². The van der Waals surface area contributed by atoms with Crippen molar-refractivity contribution in [1.82, 2.24) is 9.88 Å². The molecule has 7 heteroatoms. The van der Waals surface area contributed by atoms with E-state index in [-0.39, 0.29) is 35.9 Å². The summed E-state index contributed by atoms with van der Waals surface area (Å²) in [5, 5.41) is 10.7. The van der Waals surface area contributed by atoms with Gasteiger partial charge in [0, 0.05) is 18.0 Å². The number of carbonyl (C=O) groups excluding carboxylic acids is 2. The Kier molecular flexibility index (Phi) is 4.49. The lowest BCUT2D eigenvalue weighted by Gasteiger charge is -2.19. The van der Waals surface area contributed by atoms with Gasteiger partial charge in [-0.2, -0.15) is 0 Å². The van der Waals surface area contributed by atoms with Crippen LogP contribution in [0.15, 0.2) is 5.38 Å². The molecule has 1 aromatic heterocycles. The molecule has 2 rings (SSSR count). The molecule has 0 aliphatic heterocycles. The molecule has 0 aromatic carbocycles. The minimum atomic E-state index is -0.508. The van der Waals surface area contributed by atoms with Crippen LogP contribution in [-0.4, -0.2) is 52.7 Å². The van der Waals surface area contributed by atoms with Crippen LogP contribution < -0.4 is 0 Å². The largest absolute Gasteiger partial charge is 0.461 e. The Morgan fingerprint density at radius 3 is 2.89 bits per heavy atom. The highest BCUT2D eigenvalue weighted by Gasteiger charge is 2.33. The molecule has 1 saturated carbocycles. The molecule has 1 aromatic rings. The van der Waals surface area contributed by atoms with E-state index in [1.165, 1.54) is 0 Å². The van der Waals surface area contributed by atoms with Gasteiger partial charge in [-0.15, -0.1) is 11.3 Å². The fourth-order valence-electron chi connectivity index (χ4n) is 1.75. The van der Waals surface area contributed by atoms with Crippen molar-refractivity contribution in [2.45, 2.75) is 25.8 Å². The van der Waals surface area contributed by atoms with Crippen LogP contribution in [0.5, 0.6) is 0 Å². The van der Waals surface area contributed by atoms with E-state index < -0.39 is 5.97 Å². The molecule has 0 atom stereocenters. The number of carbonyl (C=O) groups is 2. The van der Waals surface area contributed by atoms with Crippen LogP contribution in [0.1, 0.15) is 40.1 Å². The van der Waals surface area contributed by atoms with E-state index in [1.54, 1.807) is 17.2 Å². The number of hydrogen-bond donors (Lipinski definition) is 1. The predicted molar refractivity (Wildman–Crippen MR) is 69.2 cm³/mol. The summed E-state index contributed by atoms with van der Waals surface area (Å²) in [6, 6.07) is 0.201. The van der Waals surface area contributed by atoms with Crippen LogP contribution in [0.2, 0.25) is 0 Å². The zero-order valence-electron chi connectivity index (χ0n) is 10.7. The van der Waals surface area contributed by atoms with Gasteiger partial charge in [-0.25, -0.2) is 9.78 Å². The number of hydrogen-bond acceptors (Lipinski definition) is 6. The number of esters is 1. The van der Waals surface area contributed by atoms with Crippen molar-refractivity contribution in [1.29, 1.82) is 0 Å². The lowest BCUT2D eigenvalue weighted by molar-refractivity contribution is 0.0525. The molecular weight excluding hydrogens is 268 g/mol. The number of aliphatic hydroxyl groups is 1. The van der Waals surface area contributed by atoms with E-state index in [2.05, 4.69) is 4.98 Å². The molecule has 0 spiro atoms. The van der Waals surface area contributed by atoms with E-state index in [0.29, 0.717) is 6.54 Å². The Hall–Kier alpha value is -1.47. The molecular formula is C12H16N2O4S. The predicted octanol–water partition coefficient (Wildman–Crippen LogP) is 0.917. The highest BCUT2D eigenvalue weighted by Crippen LogP contribution is 2.28. The van der Waals surface area contributed by atoms with Gasteiger partial charge in [-0.1, -0.05) is 0 Å².